The summed E-state index contributed by atoms with van der Waals surface area (Å²) in [6, 6.07) is 11.4. The lowest BCUT2D eigenvalue weighted by Crippen LogP contribution is -2.24. The molecule has 0 saturated carbocycles. The molecule has 1 aliphatic heterocycles. The highest BCUT2D eigenvalue weighted by molar-refractivity contribution is 5.98. The number of imidazole rings is 1. The normalized spacial score (nSPS) is 14.6. The van der Waals surface area contributed by atoms with Crippen molar-refractivity contribution in [3.05, 3.63) is 47.8 Å². The summed E-state index contributed by atoms with van der Waals surface area (Å²) < 4.78 is 5.43. The van der Waals surface area contributed by atoms with Crippen molar-refractivity contribution < 1.29 is 24.2 Å². The number of carbonyl (C=O) groups excluding carboxylic acids is 2. The molecule has 2 heterocycles. The number of para-hydroxylation sites is 2. The fourth-order valence-corrected chi connectivity index (χ4v) is 3.58. The number of amides is 2. The molecule has 2 amide bonds. The summed E-state index contributed by atoms with van der Waals surface area (Å²) in [6.07, 6.45) is 1.47. The van der Waals surface area contributed by atoms with E-state index in [9.17, 15) is 9.59 Å². The Bertz CT molecular complexity index is 1080. The van der Waals surface area contributed by atoms with Gasteiger partial charge in [-0.25, -0.2) is 4.98 Å². The maximum absolute atomic E-state index is 12.3. The van der Waals surface area contributed by atoms with Crippen LogP contribution < -0.4 is 15.4 Å². The van der Waals surface area contributed by atoms with Crippen LogP contribution in [-0.2, 0) is 14.4 Å². The first-order valence-electron chi connectivity index (χ1n) is 9.84. The van der Waals surface area contributed by atoms with Crippen molar-refractivity contribution >= 4 is 40.7 Å². The molecule has 0 radical (unpaired) electrons. The Morgan fingerprint density at radius 3 is 2.77 bits per heavy atom. The number of hydrogen-bond donors (Lipinski definition) is 4. The first-order chi connectivity index (χ1) is 15.0. The summed E-state index contributed by atoms with van der Waals surface area (Å²) >= 11 is 0. The molecule has 1 atom stereocenters. The Morgan fingerprint density at radius 2 is 2.10 bits per heavy atom. The third kappa shape index (κ3) is 4.82. The third-order valence-electron chi connectivity index (χ3n) is 4.90. The van der Waals surface area contributed by atoms with Crippen LogP contribution in [0.25, 0.3) is 11.0 Å². The number of nitrogens with zero attached hydrogens (tertiary/aromatic N) is 1. The topological polar surface area (TPSA) is 133 Å². The number of anilines is 2. The van der Waals surface area contributed by atoms with E-state index in [0.29, 0.717) is 23.5 Å². The predicted octanol–water partition coefficient (Wildman–Crippen LogP) is 3.49. The number of hydrogen-bond acceptors (Lipinski definition) is 5. The highest BCUT2D eigenvalue weighted by atomic mass is 16.5. The first-order valence-corrected chi connectivity index (χ1v) is 9.84. The molecule has 2 aromatic carbocycles. The van der Waals surface area contributed by atoms with Gasteiger partial charge < -0.3 is 25.5 Å². The summed E-state index contributed by atoms with van der Waals surface area (Å²) in [4.78, 5) is 40.8. The number of carbonyl (C=O) groups is 3. The summed E-state index contributed by atoms with van der Waals surface area (Å²) in [5, 5.41) is 12.7. The zero-order chi connectivity index (χ0) is 22.4. The minimum atomic E-state index is -0.250. The van der Waals surface area contributed by atoms with Crippen LogP contribution in [0.1, 0.15) is 43.5 Å². The van der Waals surface area contributed by atoms with Gasteiger partial charge in [-0.15, -0.1) is 0 Å². The van der Waals surface area contributed by atoms with Crippen molar-refractivity contribution in [2.75, 3.05) is 17.7 Å². The molecule has 0 aliphatic carbocycles. The van der Waals surface area contributed by atoms with E-state index in [1.807, 2.05) is 37.3 Å². The van der Waals surface area contributed by atoms with Crippen molar-refractivity contribution in [1.29, 1.82) is 0 Å². The van der Waals surface area contributed by atoms with Gasteiger partial charge in [-0.2, -0.15) is 0 Å². The second-order valence-corrected chi connectivity index (χ2v) is 6.99. The molecule has 4 N–H and O–H groups in total. The van der Waals surface area contributed by atoms with Gasteiger partial charge in [-0.05, 0) is 30.2 Å². The number of methoxy groups -OCH3 is 1. The molecule has 0 spiro atoms. The van der Waals surface area contributed by atoms with E-state index in [1.165, 1.54) is 0 Å². The zero-order valence-corrected chi connectivity index (χ0v) is 17.3. The molecule has 0 saturated heterocycles. The number of H-pyrrole nitrogens is 1. The molecule has 3 aromatic rings. The lowest BCUT2D eigenvalue weighted by molar-refractivity contribution is -0.123. The summed E-state index contributed by atoms with van der Waals surface area (Å²) in [7, 11) is 1.54. The highest BCUT2D eigenvalue weighted by Crippen LogP contribution is 2.41. The number of benzene rings is 2. The van der Waals surface area contributed by atoms with Crippen LogP contribution in [0.3, 0.4) is 0 Å². The van der Waals surface area contributed by atoms with E-state index in [2.05, 4.69) is 20.6 Å². The maximum atomic E-state index is 12.3. The van der Waals surface area contributed by atoms with Gasteiger partial charge in [0.15, 0.2) is 0 Å². The van der Waals surface area contributed by atoms with Gasteiger partial charge in [0.1, 0.15) is 11.6 Å². The van der Waals surface area contributed by atoms with Crippen LogP contribution in [0.4, 0.5) is 11.4 Å². The molecular weight excluding hydrogens is 400 g/mol. The lowest BCUT2D eigenvalue weighted by atomic mass is 9.89. The molecule has 4 rings (SSSR count). The third-order valence-corrected chi connectivity index (χ3v) is 4.90. The summed E-state index contributed by atoms with van der Waals surface area (Å²) in [5.74, 6) is 0.856. The fraction of sp³-hybridized carbons (Fsp3) is 0.273. The molecule has 0 bridgehead atoms. The summed E-state index contributed by atoms with van der Waals surface area (Å²) in [5.41, 5.74) is 3.94. The van der Waals surface area contributed by atoms with E-state index >= 15 is 0 Å². The van der Waals surface area contributed by atoms with Gasteiger partial charge in [0.05, 0.1) is 29.7 Å². The second kappa shape index (κ2) is 9.75. The number of fused-ring (bicyclic) bond motifs is 2. The fourth-order valence-electron chi connectivity index (χ4n) is 3.58. The van der Waals surface area contributed by atoms with Gasteiger partial charge in [0, 0.05) is 24.6 Å². The van der Waals surface area contributed by atoms with Crippen LogP contribution in [0, 0.1) is 0 Å². The average molecular weight is 424 g/mol. The first kappa shape index (κ1) is 21.8. The van der Waals surface area contributed by atoms with E-state index < -0.39 is 0 Å². The minimum absolute atomic E-state index is 0.0686. The number of aromatic amines is 1. The predicted molar refractivity (Wildman–Crippen MR) is 116 cm³/mol. The van der Waals surface area contributed by atoms with Crippen molar-refractivity contribution in [3.8, 4) is 5.75 Å². The van der Waals surface area contributed by atoms with Gasteiger partial charge in [0.25, 0.3) is 6.47 Å². The van der Waals surface area contributed by atoms with Crippen molar-refractivity contribution in [2.24, 2.45) is 0 Å². The van der Waals surface area contributed by atoms with Crippen LogP contribution in [0.15, 0.2) is 36.4 Å². The Kier molecular flexibility index (Phi) is 6.86. The number of nitrogens with one attached hydrogen (secondary N) is 3. The lowest BCUT2D eigenvalue weighted by Gasteiger charge is -2.26. The van der Waals surface area contributed by atoms with Gasteiger partial charge in [-0.3, -0.25) is 14.4 Å². The molecular formula is C22H24N4O5. The molecule has 1 unspecified atom stereocenters. The van der Waals surface area contributed by atoms with E-state index in [1.54, 1.807) is 13.2 Å². The number of carboxylic acid groups (broad SMARTS) is 1. The summed E-state index contributed by atoms with van der Waals surface area (Å²) in [6.45, 7) is 1.71. The Labute approximate surface area is 178 Å². The largest absolute Gasteiger partial charge is 0.494 e. The van der Waals surface area contributed by atoms with E-state index in [4.69, 9.17) is 14.6 Å². The van der Waals surface area contributed by atoms with Crippen molar-refractivity contribution in [1.82, 2.24) is 9.97 Å². The average Bonchev–Trinajstić information content (AvgIpc) is 3.18. The monoisotopic (exact) mass is 424 g/mol. The number of aromatic nitrogens is 2. The van der Waals surface area contributed by atoms with Crippen LogP contribution >= 0.6 is 0 Å². The molecule has 9 nitrogen and oxygen atoms in total. The maximum Gasteiger partial charge on any atom is 0.290 e. The van der Waals surface area contributed by atoms with Gasteiger partial charge in [-0.1, -0.05) is 19.1 Å². The Balaban J connectivity index is 0.000000858. The van der Waals surface area contributed by atoms with E-state index in [-0.39, 0.29) is 30.6 Å². The smallest absolute Gasteiger partial charge is 0.290 e. The molecule has 31 heavy (non-hydrogen) atoms. The van der Waals surface area contributed by atoms with Crippen molar-refractivity contribution in [3.63, 3.8) is 0 Å². The Hall–Kier alpha value is -3.88. The van der Waals surface area contributed by atoms with E-state index in [0.717, 1.165) is 28.8 Å². The van der Waals surface area contributed by atoms with Gasteiger partial charge >= 0.3 is 0 Å². The van der Waals surface area contributed by atoms with Crippen LogP contribution in [0.5, 0.6) is 5.75 Å². The number of rotatable bonds is 5. The molecule has 1 aliphatic rings. The Morgan fingerprint density at radius 1 is 1.35 bits per heavy atom. The van der Waals surface area contributed by atoms with Crippen LogP contribution in [0.2, 0.25) is 0 Å². The standard InChI is InChI=1S/C21H22N4O3.CH2O2/c1-3-6-19(26)23-17-9-12-13(10-20(27)22-16(12)11-18(17)28-2)21-24-14-7-4-5-8-15(14)25-21;2-1-3/h4-5,7-9,11,13H,3,6,10H2,1-2H3,(H,22,27)(H,23,26)(H,24,25);1H,(H,2,3). The SMILES string of the molecule is CCCC(=O)Nc1cc2c(cc1OC)NC(=O)CC2c1nc2ccccc2[nH]1.O=CO. The van der Waals surface area contributed by atoms with Crippen molar-refractivity contribution in [2.45, 2.75) is 32.1 Å². The van der Waals surface area contributed by atoms with Crippen LogP contribution in [-0.4, -0.2) is 40.5 Å². The number of ether oxygens (including phenoxy) is 1. The molecule has 1 aromatic heterocycles. The quantitative estimate of drug-likeness (QED) is 0.463. The second-order valence-electron chi connectivity index (χ2n) is 6.99. The highest BCUT2D eigenvalue weighted by Gasteiger charge is 2.30. The minimum Gasteiger partial charge on any atom is -0.494 e. The van der Waals surface area contributed by atoms with Gasteiger partial charge in [0.2, 0.25) is 11.8 Å². The molecule has 0 fully saturated rings. The molecule has 9 heteroatoms. The zero-order valence-electron chi connectivity index (χ0n) is 17.3. The molecule has 162 valence electrons.